The fourth-order valence-electron chi connectivity index (χ4n) is 2.54. The molecule has 0 radical (unpaired) electrons. The highest BCUT2D eigenvalue weighted by Gasteiger charge is 2.13. The molecule has 1 aliphatic heterocycles. The first kappa shape index (κ1) is 13.7. The fraction of sp³-hybridized carbons (Fsp3) is 0.250. The quantitative estimate of drug-likeness (QED) is 0.877. The molecule has 2 aromatic rings. The van der Waals surface area contributed by atoms with Gasteiger partial charge in [-0.3, -0.25) is 0 Å². The van der Waals surface area contributed by atoms with E-state index in [2.05, 4.69) is 27.5 Å². The number of nitrogens with one attached hydrogen (secondary N) is 2. The highest BCUT2D eigenvalue weighted by molar-refractivity contribution is 5.62. The number of rotatable bonds is 5. The van der Waals surface area contributed by atoms with Crippen molar-refractivity contribution >= 4 is 11.4 Å². The van der Waals surface area contributed by atoms with Gasteiger partial charge in [-0.15, -0.1) is 0 Å². The Morgan fingerprint density at radius 2 is 2.05 bits per heavy atom. The zero-order chi connectivity index (χ0) is 14.7. The van der Waals surface area contributed by atoms with Crippen molar-refractivity contribution in [3.05, 3.63) is 53.6 Å². The largest absolute Gasteiger partial charge is 0.435 e. The molecule has 0 aliphatic carbocycles. The Labute approximate surface area is 121 Å². The van der Waals surface area contributed by atoms with Crippen molar-refractivity contribution in [2.24, 2.45) is 0 Å². The Balaban J connectivity index is 1.69. The third kappa shape index (κ3) is 3.24. The van der Waals surface area contributed by atoms with Gasteiger partial charge in [0.25, 0.3) is 0 Å². The molecule has 3 nitrogen and oxygen atoms in total. The Hall–Kier alpha value is -2.30. The molecule has 0 amide bonds. The van der Waals surface area contributed by atoms with Crippen LogP contribution in [0.1, 0.15) is 11.1 Å². The second-order valence-corrected chi connectivity index (χ2v) is 4.89. The van der Waals surface area contributed by atoms with E-state index in [0.717, 1.165) is 18.7 Å². The summed E-state index contributed by atoms with van der Waals surface area (Å²) < 4.78 is 28.8. The monoisotopic (exact) mass is 290 g/mol. The van der Waals surface area contributed by atoms with E-state index in [1.807, 2.05) is 12.1 Å². The summed E-state index contributed by atoms with van der Waals surface area (Å²) in [5.41, 5.74) is 4.43. The van der Waals surface area contributed by atoms with E-state index in [1.54, 1.807) is 12.1 Å². The topological polar surface area (TPSA) is 33.3 Å². The molecular formula is C16H16F2N2O. The number of alkyl halides is 2. The van der Waals surface area contributed by atoms with Gasteiger partial charge in [-0.1, -0.05) is 24.3 Å². The standard InChI is InChI=1S/C16H16F2N2O/c17-16(18)21-14-6-2-5-13(9-14)20-10-12-4-1-3-11-7-8-19-15(11)12/h1-6,9,16,19-20H,7-8,10H2. The summed E-state index contributed by atoms with van der Waals surface area (Å²) in [7, 11) is 0. The molecule has 0 fully saturated rings. The summed E-state index contributed by atoms with van der Waals surface area (Å²) in [6.45, 7) is -1.21. The third-order valence-corrected chi connectivity index (χ3v) is 3.48. The molecule has 0 saturated heterocycles. The minimum Gasteiger partial charge on any atom is -0.435 e. The van der Waals surface area contributed by atoms with Crippen LogP contribution in [0.15, 0.2) is 42.5 Å². The molecule has 0 unspecified atom stereocenters. The highest BCUT2D eigenvalue weighted by atomic mass is 19.3. The Kier molecular flexibility index (Phi) is 3.90. The summed E-state index contributed by atoms with van der Waals surface area (Å²) in [5, 5.41) is 6.62. The number of fused-ring (bicyclic) bond motifs is 1. The van der Waals surface area contributed by atoms with Crippen molar-refractivity contribution in [3.8, 4) is 5.75 Å². The smallest absolute Gasteiger partial charge is 0.387 e. The first-order chi connectivity index (χ1) is 10.2. The fourth-order valence-corrected chi connectivity index (χ4v) is 2.54. The predicted octanol–water partition coefficient (Wildman–Crippen LogP) is 3.87. The van der Waals surface area contributed by atoms with E-state index in [9.17, 15) is 8.78 Å². The van der Waals surface area contributed by atoms with Gasteiger partial charge in [0.2, 0.25) is 0 Å². The van der Waals surface area contributed by atoms with E-state index >= 15 is 0 Å². The van der Waals surface area contributed by atoms with Crippen molar-refractivity contribution in [2.45, 2.75) is 19.6 Å². The average molecular weight is 290 g/mol. The SMILES string of the molecule is FC(F)Oc1cccc(NCc2cccc3c2NCC3)c1. The normalized spacial score (nSPS) is 12.9. The van der Waals surface area contributed by atoms with E-state index < -0.39 is 6.61 Å². The van der Waals surface area contributed by atoms with Crippen LogP contribution in [-0.4, -0.2) is 13.2 Å². The van der Waals surface area contributed by atoms with Gasteiger partial charge in [0.1, 0.15) is 5.75 Å². The zero-order valence-electron chi connectivity index (χ0n) is 11.4. The summed E-state index contributed by atoms with van der Waals surface area (Å²) in [5.74, 6) is 0.159. The van der Waals surface area contributed by atoms with Gasteiger partial charge >= 0.3 is 6.61 Å². The summed E-state index contributed by atoms with van der Waals surface area (Å²) >= 11 is 0. The molecule has 2 N–H and O–H groups in total. The van der Waals surface area contributed by atoms with Crippen LogP contribution in [0.4, 0.5) is 20.2 Å². The van der Waals surface area contributed by atoms with E-state index in [1.165, 1.54) is 22.9 Å². The summed E-state index contributed by atoms with van der Waals surface area (Å²) in [6, 6.07) is 12.8. The molecule has 0 atom stereocenters. The van der Waals surface area contributed by atoms with Crippen LogP contribution in [0.2, 0.25) is 0 Å². The van der Waals surface area contributed by atoms with Gasteiger partial charge < -0.3 is 15.4 Å². The molecule has 1 heterocycles. The number of para-hydroxylation sites is 1. The third-order valence-electron chi connectivity index (χ3n) is 3.48. The molecule has 3 rings (SSSR count). The van der Waals surface area contributed by atoms with Crippen LogP contribution in [0.5, 0.6) is 5.75 Å². The van der Waals surface area contributed by atoms with Crippen LogP contribution in [0.25, 0.3) is 0 Å². The molecule has 0 spiro atoms. The van der Waals surface area contributed by atoms with Crippen LogP contribution in [0.3, 0.4) is 0 Å². The van der Waals surface area contributed by atoms with Gasteiger partial charge in [-0.05, 0) is 29.7 Å². The second kappa shape index (κ2) is 5.99. The maximum Gasteiger partial charge on any atom is 0.387 e. The Bertz CT molecular complexity index is 631. The van der Waals surface area contributed by atoms with Crippen molar-refractivity contribution in [3.63, 3.8) is 0 Å². The van der Waals surface area contributed by atoms with Gasteiger partial charge in [-0.2, -0.15) is 8.78 Å². The minimum absolute atomic E-state index is 0.159. The molecule has 0 aromatic heterocycles. The Morgan fingerprint density at radius 1 is 1.19 bits per heavy atom. The number of hydrogen-bond donors (Lipinski definition) is 2. The first-order valence-electron chi connectivity index (χ1n) is 6.86. The predicted molar refractivity (Wildman–Crippen MR) is 79.0 cm³/mol. The number of benzene rings is 2. The number of ether oxygens (including phenoxy) is 1. The van der Waals surface area contributed by atoms with Crippen molar-refractivity contribution in [1.82, 2.24) is 0 Å². The lowest BCUT2D eigenvalue weighted by molar-refractivity contribution is -0.0498. The van der Waals surface area contributed by atoms with Crippen LogP contribution < -0.4 is 15.4 Å². The van der Waals surface area contributed by atoms with E-state index in [-0.39, 0.29) is 5.75 Å². The van der Waals surface area contributed by atoms with Crippen molar-refractivity contribution in [2.75, 3.05) is 17.2 Å². The van der Waals surface area contributed by atoms with E-state index in [0.29, 0.717) is 6.54 Å². The average Bonchev–Trinajstić information content (AvgIpc) is 2.93. The van der Waals surface area contributed by atoms with Gasteiger partial charge in [0.15, 0.2) is 0 Å². The van der Waals surface area contributed by atoms with Crippen molar-refractivity contribution < 1.29 is 13.5 Å². The second-order valence-electron chi connectivity index (χ2n) is 4.89. The molecule has 0 bridgehead atoms. The molecular weight excluding hydrogens is 274 g/mol. The number of halogens is 2. The number of hydrogen-bond acceptors (Lipinski definition) is 3. The lowest BCUT2D eigenvalue weighted by atomic mass is 10.1. The summed E-state index contributed by atoms with van der Waals surface area (Å²) in [4.78, 5) is 0. The lowest BCUT2D eigenvalue weighted by Gasteiger charge is -2.12. The molecule has 21 heavy (non-hydrogen) atoms. The number of anilines is 2. The minimum atomic E-state index is -2.80. The van der Waals surface area contributed by atoms with Gasteiger partial charge in [0.05, 0.1) is 0 Å². The molecule has 5 heteroatoms. The van der Waals surface area contributed by atoms with Crippen LogP contribution in [0, 0.1) is 0 Å². The van der Waals surface area contributed by atoms with E-state index in [4.69, 9.17) is 0 Å². The molecule has 1 aliphatic rings. The molecule has 2 aromatic carbocycles. The van der Waals surface area contributed by atoms with Crippen molar-refractivity contribution in [1.29, 1.82) is 0 Å². The Morgan fingerprint density at radius 3 is 2.90 bits per heavy atom. The maximum absolute atomic E-state index is 12.2. The molecule has 110 valence electrons. The highest BCUT2D eigenvalue weighted by Crippen LogP contribution is 2.27. The van der Waals surface area contributed by atoms with Crippen LogP contribution >= 0.6 is 0 Å². The molecule has 0 saturated carbocycles. The van der Waals surface area contributed by atoms with Gasteiger partial charge in [-0.25, -0.2) is 0 Å². The first-order valence-corrected chi connectivity index (χ1v) is 6.86. The zero-order valence-corrected chi connectivity index (χ0v) is 11.4. The van der Waals surface area contributed by atoms with Crippen LogP contribution in [-0.2, 0) is 13.0 Å². The maximum atomic E-state index is 12.2. The van der Waals surface area contributed by atoms with Gasteiger partial charge in [0, 0.05) is 30.5 Å². The summed E-state index contributed by atoms with van der Waals surface area (Å²) in [6.07, 6.45) is 1.04. The lowest BCUT2D eigenvalue weighted by Crippen LogP contribution is -2.04.